The molecule has 1 heterocycles. The molecule has 32 heavy (non-hydrogen) atoms. The number of aryl methyl sites for hydroxylation is 1. The Kier molecular flexibility index (Phi) is 8.25. The monoisotopic (exact) mass is 432 g/mol. The maximum Gasteiger partial charge on any atom is 0.129 e. The molecule has 0 bridgehead atoms. The van der Waals surface area contributed by atoms with Crippen molar-refractivity contribution in [2.75, 3.05) is 33.2 Å². The van der Waals surface area contributed by atoms with Crippen LogP contribution in [0.15, 0.2) is 69.4 Å². The molecule has 1 unspecified atom stereocenters. The summed E-state index contributed by atoms with van der Waals surface area (Å²) in [5.74, 6) is 1.46. The first-order chi connectivity index (χ1) is 15.4. The fraction of sp³-hybridized carbons (Fsp3) is 0.500. The molecule has 1 atom stereocenters. The van der Waals surface area contributed by atoms with E-state index in [1.165, 1.54) is 53.9 Å². The van der Waals surface area contributed by atoms with Crippen molar-refractivity contribution in [2.24, 2.45) is 15.9 Å². The Morgan fingerprint density at radius 3 is 2.50 bits per heavy atom. The van der Waals surface area contributed by atoms with Gasteiger partial charge in [-0.15, -0.1) is 0 Å². The number of hydrogen-bond acceptors (Lipinski definition) is 3. The SMILES string of the molecule is C=C(C)N1C(=NC)CN=C(c2ccccc2C)C2=C1CC(C(C)CN(CCC)CCC)=C2. The van der Waals surface area contributed by atoms with Gasteiger partial charge in [-0.3, -0.25) is 9.98 Å². The first-order valence-corrected chi connectivity index (χ1v) is 12.1. The molecule has 0 fully saturated rings. The molecule has 0 amide bonds. The van der Waals surface area contributed by atoms with Crippen LogP contribution in [0.2, 0.25) is 0 Å². The summed E-state index contributed by atoms with van der Waals surface area (Å²) in [7, 11) is 1.86. The molecule has 172 valence electrons. The summed E-state index contributed by atoms with van der Waals surface area (Å²) in [5, 5.41) is 0. The zero-order valence-electron chi connectivity index (χ0n) is 20.9. The van der Waals surface area contributed by atoms with Crippen LogP contribution in [-0.2, 0) is 0 Å². The molecule has 0 saturated carbocycles. The average molecular weight is 433 g/mol. The molecule has 0 spiro atoms. The molecule has 2 aliphatic rings. The van der Waals surface area contributed by atoms with Crippen molar-refractivity contribution >= 4 is 11.5 Å². The Morgan fingerprint density at radius 1 is 1.22 bits per heavy atom. The molecule has 4 heteroatoms. The van der Waals surface area contributed by atoms with E-state index in [-0.39, 0.29) is 0 Å². The first-order valence-electron chi connectivity index (χ1n) is 12.1. The summed E-state index contributed by atoms with van der Waals surface area (Å²) in [4.78, 5) is 14.5. The fourth-order valence-electron chi connectivity index (χ4n) is 4.91. The standard InChI is InChI=1S/C28H40N4/c1-8-14-31(15-9-2)19-22(6)23-16-25-26(17-23)32(20(3)4)27(29-7)18-30-28(25)24-13-11-10-12-21(24)5/h10-13,16,22H,3,8-9,14-15,17-19H2,1-2,4-7H3. The summed E-state index contributed by atoms with van der Waals surface area (Å²) in [6, 6.07) is 8.57. The van der Waals surface area contributed by atoms with Crippen molar-refractivity contribution in [2.45, 2.75) is 53.9 Å². The normalized spacial score (nSPS) is 18.6. The average Bonchev–Trinajstić information content (AvgIpc) is 3.12. The third kappa shape index (κ3) is 5.12. The Balaban J connectivity index is 2.02. The van der Waals surface area contributed by atoms with E-state index in [0.717, 1.165) is 30.2 Å². The number of nitrogens with zero attached hydrogens (tertiary/aromatic N) is 4. The van der Waals surface area contributed by atoms with E-state index < -0.39 is 0 Å². The number of hydrogen-bond donors (Lipinski definition) is 0. The molecule has 1 aromatic rings. The topological polar surface area (TPSA) is 31.2 Å². The second-order valence-electron chi connectivity index (χ2n) is 9.15. The van der Waals surface area contributed by atoms with Crippen molar-refractivity contribution in [1.82, 2.24) is 9.80 Å². The number of amidine groups is 1. The summed E-state index contributed by atoms with van der Waals surface area (Å²) < 4.78 is 0. The zero-order chi connectivity index (χ0) is 23.3. The van der Waals surface area contributed by atoms with Gasteiger partial charge in [0.05, 0.1) is 12.3 Å². The lowest BCUT2D eigenvalue weighted by molar-refractivity contribution is 0.249. The van der Waals surface area contributed by atoms with Crippen molar-refractivity contribution in [3.63, 3.8) is 0 Å². The molecule has 0 N–H and O–H groups in total. The van der Waals surface area contributed by atoms with E-state index >= 15 is 0 Å². The highest BCUT2D eigenvalue weighted by atomic mass is 15.2. The first kappa shape index (κ1) is 24.2. The van der Waals surface area contributed by atoms with Gasteiger partial charge in [-0.05, 0) is 51.3 Å². The van der Waals surface area contributed by atoms with E-state index in [0.29, 0.717) is 12.5 Å². The number of aliphatic imine (C=N–C) groups is 2. The molecular weight excluding hydrogens is 392 g/mol. The van der Waals surface area contributed by atoms with Gasteiger partial charge < -0.3 is 9.80 Å². The number of benzene rings is 1. The molecule has 0 saturated heterocycles. The van der Waals surface area contributed by atoms with Gasteiger partial charge in [0.1, 0.15) is 5.84 Å². The number of rotatable bonds is 9. The van der Waals surface area contributed by atoms with E-state index in [1.807, 2.05) is 7.05 Å². The van der Waals surface area contributed by atoms with Crippen LogP contribution in [0.1, 0.15) is 58.1 Å². The van der Waals surface area contributed by atoms with E-state index in [4.69, 9.17) is 4.99 Å². The maximum atomic E-state index is 5.09. The van der Waals surface area contributed by atoms with Crippen molar-refractivity contribution in [3.8, 4) is 0 Å². The van der Waals surface area contributed by atoms with Crippen molar-refractivity contribution in [1.29, 1.82) is 0 Å². The van der Waals surface area contributed by atoms with Gasteiger partial charge in [-0.25, -0.2) is 0 Å². The van der Waals surface area contributed by atoms with Gasteiger partial charge in [0, 0.05) is 42.5 Å². The van der Waals surface area contributed by atoms with Gasteiger partial charge in [0.15, 0.2) is 0 Å². The molecule has 1 aliphatic carbocycles. The Bertz CT molecular complexity index is 957. The van der Waals surface area contributed by atoms with E-state index in [9.17, 15) is 0 Å². The van der Waals surface area contributed by atoms with Gasteiger partial charge >= 0.3 is 0 Å². The van der Waals surface area contributed by atoms with Crippen LogP contribution in [0, 0.1) is 12.8 Å². The van der Waals surface area contributed by atoms with Crippen LogP contribution < -0.4 is 0 Å². The van der Waals surface area contributed by atoms with Crippen LogP contribution in [0.25, 0.3) is 0 Å². The Morgan fingerprint density at radius 2 is 1.91 bits per heavy atom. The van der Waals surface area contributed by atoms with Gasteiger partial charge in [0.2, 0.25) is 0 Å². The fourth-order valence-corrected chi connectivity index (χ4v) is 4.91. The van der Waals surface area contributed by atoms with Crippen LogP contribution in [-0.4, -0.2) is 54.6 Å². The minimum Gasteiger partial charge on any atom is -0.305 e. The molecule has 4 nitrogen and oxygen atoms in total. The third-order valence-corrected chi connectivity index (χ3v) is 6.46. The van der Waals surface area contributed by atoms with Gasteiger partial charge in [-0.2, -0.15) is 0 Å². The largest absolute Gasteiger partial charge is 0.305 e. The molecule has 3 rings (SSSR count). The van der Waals surface area contributed by atoms with Crippen LogP contribution >= 0.6 is 0 Å². The Labute approximate surface area is 195 Å². The summed E-state index contributed by atoms with van der Waals surface area (Å²) in [6.07, 6.45) is 5.74. The summed E-state index contributed by atoms with van der Waals surface area (Å²) in [5.41, 5.74) is 8.55. The molecule has 0 radical (unpaired) electrons. The predicted octanol–water partition coefficient (Wildman–Crippen LogP) is 6.00. The zero-order valence-corrected chi connectivity index (χ0v) is 20.9. The van der Waals surface area contributed by atoms with Crippen LogP contribution in [0.5, 0.6) is 0 Å². The van der Waals surface area contributed by atoms with Crippen molar-refractivity contribution in [3.05, 3.63) is 70.6 Å². The summed E-state index contributed by atoms with van der Waals surface area (Å²) >= 11 is 0. The number of allylic oxidation sites excluding steroid dienone is 4. The highest BCUT2D eigenvalue weighted by Gasteiger charge is 2.32. The predicted molar refractivity (Wildman–Crippen MR) is 139 cm³/mol. The second-order valence-corrected chi connectivity index (χ2v) is 9.15. The van der Waals surface area contributed by atoms with Crippen molar-refractivity contribution < 1.29 is 0 Å². The second kappa shape index (κ2) is 10.9. The quantitative estimate of drug-likeness (QED) is 0.479. The minimum atomic E-state index is 0.493. The minimum absolute atomic E-state index is 0.493. The highest BCUT2D eigenvalue weighted by Crippen LogP contribution is 2.38. The highest BCUT2D eigenvalue weighted by molar-refractivity contribution is 6.17. The van der Waals surface area contributed by atoms with E-state index in [2.05, 4.69) is 86.3 Å². The van der Waals surface area contributed by atoms with Gasteiger partial charge in [-0.1, -0.05) is 63.3 Å². The van der Waals surface area contributed by atoms with Gasteiger partial charge in [0.25, 0.3) is 0 Å². The molecule has 1 aliphatic heterocycles. The Hall–Kier alpha value is -2.46. The van der Waals surface area contributed by atoms with Crippen LogP contribution in [0.3, 0.4) is 0 Å². The van der Waals surface area contributed by atoms with E-state index in [1.54, 1.807) is 0 Å². The lowest BCUT2D eigenvalue weighted by atomic mass is 9.97. The maximum absolute atomic E-state index is 5.09. The smallest absolute Gasteiger partial charge is 0.129 e. The molecular formula is C28H40N4. The third-order valence-electron chi connectivity index (χ3n) is 6.46. The summed E-state index contributed by atoms with van der Waals surface area (Å²) in [6.45, 7) is 19.5. The molecule has 1 aromatic carbocycles. The lowest BCUT2D eigenvalue weighted by Crippen LogP contribution is -2.32. The lowest BCUT2D eigenvalue weighted by Gasteiger charge is -2.29. The van der Waals surface area contributed by atoms with Crippen LogP contribution in [0.4, 0.5) is 0 Å². The molecule has 0 aromatic heterocycles.